The second-order valence-corrected chi connectivity index (χ2v) is 5.98. The number of rotatable bonds is 2. The number of aromatic nitrogens is 4. The van der Waals surface area contributed by atoms with Gasteiger partial charge in [0.1, 0.15) is 11.7 Å². The number of nitriles is 1. The van der Waals surface area contributed by atoms with Gasteiger partial charge in [0.05, 0.1) is 30.9 Å². The van der Waals surface area contributed by atoms with Gasteiger partial charge in [0.2, 0.25) is 5.91 Å². The van der Waals surface area contributed by atoms with Crippen LogP contribution in [0.25, 0.3) is 5.65 Å². The molecule has 0 bridgehead atoms. The van der Waals surface area contributed by atoms with E-state index in [9.17, 15) is 4.79 Å². The van der Waals surface area contributed by atoms with Crippen molar-refractivity contribution in [1.82, 2.24) is 24.1 Å². The zero-order chi connectivity index (χ0) is 16.7. The van der Waals surface area contributed by atoms with Gasteiger partial charge in [0.15, 0.2) is 5.69 Å². The van der Waals surface area contributed by atoms with E-state index >= 15 is 0 Å². The number of carbonyl (C=O) groups is 1. The van der Waals surface area contributed by atoms with Gasteiger partial charge in [-0.25, -0.2) is 4.98 Å². The third-order valence-electron chi connectivity index (χ3n) is 4.41. The van der Waals surface area contributed by atoms with Crippen LogP contribution >= 0.6 is 0 Å². The molecule has 24 heavy (non-hydrogen) atoms. The molecule has 4 heterocycles. The molecular weight excluding hydrogens is 304 g/mol. The van der Waals surface area contributed by atoms with Crippen molar-refractivity contribution in [2.45, 2.75) is 26.4 Å². The average molecular weight is 320 g/mol. The summed E-state index contributed by atoms with van der Waals surface area (Å²) in [6, 6.07) is 7.76. The molecule has 3 aromatic rings. The van der Waals surface area contributed by atoms with E-state index in [-0.39, 0.29) is 5.91 Å². The highest BCUT2D eigenvalue weighted by molar-refractivity contribution is 5.78. The topological polar surface area (TPSA) is 79.2 Å². The molecule has 0 aliphatic carbocycles. The Kier molecular flexibility index (Phi) is 3.31. The van der Waals surface area contributed by atoms with Crippen LogP contribution in [0.5, 0.6) is 0 Å². The molecule has 7 heteroatoms. The van der Waals surface area contributed by atoms with Gasteiger partial charge in [-0.2, -0.15) is 10.4 Å². The van der Waals surface area contributed by atoms with Gasteiger partial charge in [-0.05, 0) is 24.6 Å². The molecular formula is C17H16N6O. The largest absolute Gasteiger partial charge is 0.335 e. The Labute approximate surface area is 138 Å². The SMILES string of the molecule is Cc1cccn2c(CC(=O)N3CCn4nc(C#N)cc4C3)cnc12. The first-order chi connectivity index (χ1) is 11.7. The number of aryl methyl sites for hydroxylation is 1. The number of fused-ring (bicyclic) bond motifs is 2. The minimum Gasteiger partial charge on any atom is -0.335 e. The fraction of sp³-hybridized carbons (Fsp3) is 0.294. The van der Waals surface area contributed by atoms with Gasteiger partial charge in [-0.15, -0.1) is 0 Å². The highest BCUT2D eigenvalue weighted by Crippen LogP contribution is 2.16. The van der Waals surface area contributed by atoms with Crippen molar-refractivity contribution in [3.8, 4) is 6.07 Å². The Morgan fingerprint density at radius 1 is 1.42 bits per heavy atom. The third-order valence-corrected chi connectivity index (χ3v) is 4.41. The summed E-state index contributed by atoms with van der Waals surface area (Å²) in [5.41, 5.74) is 4.16. The third kappa shape index (κ3) is 2.33. The Bertz CT molecular complexity index is 977. The predicted octanol–water partition coefficient (Wildman–Crippen LogP) is 1.30. The first kappa shape index (κ1) is 14.5. The second-order valence-electron chi connectivity index (χ2n) is 5.98. The minimum absolute atomic E-state index is 0.0595. The Morgan fingerprint density at radius 3 is 3.12 bits per heavy atom. The first-order valence-corrected chi connectivity index (χ1v) is 7.82. The predicted molar refractivity (Wildman–Crippen MR) is 86.0 cm³/mol. The summed E-state index contributed by atoms with van der Waals surface area (Å²) < 4.78 is 3.77. The molecule has 3 aromatic heterocycles. The molecule has 0 aromatic carbocycles. The summed E-state index contributed by atoms with van der Waals surface area (Å²) in [6.07, 6.45) is 4.01. The molecule has 0 atom stereocenters. The van der Waals surface area contributed by atoms with Crippen LogP contribution in [0.15, 0.2) is 30.6 Å². The maximum Gasteiger partial charge on any atom is 0.228 e. The van der Waals surface area contributed by atoms with E-state index in [1.807, 2.05) is 40.6 Å². The number of hydrogen-bond donors (Lipinski definition) is 0. The molecule has 0 spiro atoms. The van der Waals surface area contributed by atoms with Crippen molar-refractivity contribution in [1.29, 1.82) is 5.26 Å². The van der Waals surface area contributed by atoms with E-state index in [0.717, 1.165) is 22.6 Å². The normalized spacial score (nSPS) is 13.8. The molecule has 1 aliphatic rings. The second kappa shape index (κ2) is 5.49. The molecule has 0 saturated carbocycles. The number of carbonyl (C=O) groups excluding carboxylic acids is 1. The molecule has 1 aliphatic heterocycles. The molecule has 0 radical (unpaired) electrons. The maximum atomic E-state index is 12.7. The van der Waals surface area contributed by atoms with E-state index < -0.39 is 0 Å². The maximum absolute atomic E-state index is 12.7. The van der Waals surface area contributed by atoms with Crippen molar-refractivity contribution in [3.05, 3.63) is 53.2 Å². The summed E-state index contributed by atoms with van der Waals surface area (Å²) in [6.45, 7) is 3.72. The number of nitrogens with zero attached hydrogens (tertiary/aromatic N) is 6. The van der Waals surface area contributed by atoms with Crippen molar-refractivity contribution >= 4 is 11.6 Å². The van der Waals surface area contributed by atoms with E-state index in [0.29, 0.717) is 31.7 Å². The molecule has 0 saturated heterocycles. The number of hydrogen-bond acceptors (Lipinski definition) is 4. The van der Waals surface area contributed by atoms with Gasteiger partial charge in [-0.3, -0.25) is 9.48 Å². The summed E-state index contributed by atoms with van der Waals surface area (Å²) in [7, 11) is 0. The molecule has 120 valence electrons. The van der Waals surface area contributed by atoms with E-state index in [4.69, 9.17) is 5.26 Å². The fourth-order valence-corrected chi connectivity index (χ4v) is 3.13. The zero-order valence-electron chi connectivity index (χ0n) is 13.3. The Morgan fingerprint density at radius 2 is 2.29 bits per heavy atom. The molecule has 7 nitrogen and oxygen atoms in total. The number of imidazole rings is 1. The van der Waals surface area contributed by atoms with Gasteiger partial charge in [0, 0.05) is 18.9 Å². The summed E-state index contributed by atoms with van der Waals surface area (Å²) in [5, 5.41) is 13.1. The van der Waals surface area contributed by atoms with Crippen molar-refractivity contribution in [2.75, 3.05) is 6.54 Å². The van der Waals surface area contributed by atoms with Gasteiger partial charge in [0.25, 0.3) is 0 Å². The van der Waals surface area contributed by atoms with E-state index in [2.05, 4.69) is 10.1 Å². The Balaban J connectivity index is 1.54. The van der Waals surface area contributed by atoms with Crippen LogP contribution in [0.4, 0.5) is 0 Å². The van der Waals surface area contributed by atoms with Crippen LogP contribution in [0.1, 0.15) is 22.6 Å². The molecule has 4 rings (SSSR count). The highest BCUT2D eigenvalue weighted by Gasteiger charge is 2.23. The van der Waals surface area contributed by atoms with Crippen LogP contribution in [0.3, 0.4) is 0 Å². The lowest BCUT2D eigenvalue weighted by atomic mass is 10.2. The van der Waals surface area contributed by atoms with E-state index in [1.54, 1.807) is 16.9 Å². The fourth-order valence-electron chi connectivity index (χ4n) is 3.13. The monoisotopic (exact) mass is 320 g/mol. The number of pyridine rings is 1. The highest BCUT2D eigenvalue weighted by atomic mass is 16.2. The lowest BCUT2D eigenvalue weighted by Gasteiger charge is -2.27. The molecule has 0 N–H and O–H groups in total. The van der Waals surface area contributed by atoms with Crippen LogP contribution in [0.2, 0.25) is 0 Å². The summed E-state index contributed by atoms with van der Waals surface area (Å²) >= 11 is 0. The van der Waals surface area contributed by atoms with Gasteiger partial charge >= 0.3 is 0 Å². The number of amides is 1. The van der Waals surface area contributed by atoms with Crippen LogP contribution in [-0.2, 0) is 24.3 Å². The average Bonchev–Trinajstić information content (AvgIpc) is 3.19. The Hall–Kier alpha value is -3.14. The minimum atomic E-state index is 0.0595. The summed E-state index contributed by atoms with van der Waals surface area (Å²) in [4.78, 5) is 18.9. The van der Waals surface area contributed by atoms with Gasteiger partial charge in [-0.1, -0.05) is 6.07 Å². The molecule has 1 amide bonds. The van der Waals surface area contributed by atoms with E-state index in [1.165, 1.54) is 0 Å². The quantitative estimate of drug-likeness (QED) is 0.713. The smallest absolute Gasteiger partial charge is 0.228 e. The standard InChI is InChI=1S/C17H16N6O/c1-12-3-2-4-22-14(10-19-17(12)22)8-16(24)21-5-6-23-15(11-21)7-13(9-18)20-23/h2-4,7,10H,5-6,8,11H2,1H3. The van der Waals surface area contributed by atoms with Crippen LogP contribution in [0, 0.1) is 18.3 Å². The molecule has 0 unspecified atom stereocenters. The first-order valence-electron chi connectivity index (χ1n) is 7.82. The van der Waals surface area contributed by atoms with Crippen LogP contribution in [-0.4, -0.2) is 36.5 Å². The molecule has 0 fully saturated rings. The lowest BCUT2D eigenvalue weighted by Crippen LogP contribution is -2.39. The van der Waals surface area contributed by atoms with Crippen molar-refractivity contribution in [2.24, 2.45) is 0 Å². The van der Waals surface area contributed by atoms with Crippen LogP contribution < -0.4 is 0 Å². The van der Waals surface area contributed by atoms with Gasteiger partial charge < -0.3 is 9.30 Å². The van der Waals surface area contributed by atoms with Crippen molar-refractivity contribution < 1.29 is 4.79 Å². The zero-order valence-corrected chi connectivity index (χ0v) is 13.3. The lowest BCUT2D eigenvalue weighted by molar-refractivity contribution is -0.132. The summed E-state index contributed by atoms with van der Waals surface area (Å²) in [5.74, 6) is 0.0595. The van der Waals surface area contributed by atoms with Crippen molar-refractivity contribution in [3.63, 3.8) is 0 Å².